The van der Waals surface area contributed by atoms with E-state index in [2.05, 4.69) is 6.07 Å². The third kappa shape index (κ3) is 3.14. The van der Waals surface area contributed by atoms with E-state index in [1.807, 2.05) is 47.1 Å². The summed E-state index contributed by atoms with van der Waals surface area (Å²) in [6, 6.07) is 14.9. The number of esters is 1. The van der Waals surface area contributed by atoms with Crippen LogP contribution in [-0.2, 0) is 22.7 Å². The fourth-order valence-corrected chi connectivity index (χ4v) is 2.55. The van der Waals surface area contributed by atoms with Crippen LogP contribution in [0.1, 0.15) is 27.0 Å². The van der Waals surface area contributed by atoms with Crippen LogP contribution in [-0.4, -0.2) is 17.5 Å². The summed E-state index contributed by atoms with van der Waals surface area (Å²) in [5.74, 6) is -0.418. The van der Waals surface area contributed by atoms with Gasteiger partial charge in [-0.1, -0.05) is 18.2 Å². The van der Waals surface area contributed by atoms with E-state index in [9.17, 15) is 10.1 Å². The van der Waals surface area contributed by atoms with Gasteiger partial charge in [-0.3, -0.25) is 0 Å². The predicted molar refractivity (Wildman–Crippen MR) is 88.4 cm³/mol. The van der Waals surface area contributed by atoms with Gasteiger partial charge in [0.25, 0.3) is 0 Å². The zero-order valence-corrected chi connectivity index (χ0v) is 13.2. The Morgan fingerprint density at radius 1 is 1.17 bits per heavy atom. The number of benzene rings is 1. The number of hydrogen-bond acceptors (Lipinski definition) is 4. The number of nitriles is 1. The predicted octanol–water partition coefficient (Wildman–Crippen LogP) is 3.31. The number of carbonyl (C=O) groups excluding carboxylic acids is 1. The van der Waals surface area contributed by atoms with Gasteiger partial charge in [-0.2, -0.15) is 5.26 Å². The van der Waals surface area contributed by atoms with Gasteiger partial charge in [0.1, 0.15) is 12.7 Å². The van der Waals surface area contributed by atoms with Gasteiger partial charge in [0.15, 0.2) is 0 Å². The lowest BCUT2D eigenvalue weighted by Crippen LogP contribution is -2.05. The molecule has 0 saturated heterocycles. The number of nitrogens with zero attached hydrogens (tertiary/aromatic N) is 2. The summed E-state index contributed by atoms with van der Waals surface area (Å²) in [7, 11) is 1.62. The van der Waals surface area contributed by atoms with Gasteiger partial charge in [0.2, 0.25) is 0 Å². The Morgan fingerprint density at radius 3 is 2.67 bits per heavy atom. The topological polar surface area (TPSA) is 63.7 Å². The Balaban J connectivity index is 1.73. The third-order valence-corrected chi connectivity index (χ3v) is 3.73. The van der Waals surface area contributed by atoms with Crippen LogP contribution in [0.25, 0.3) is 5.52 Å². The van der Waals surface area contributed by atoms with Crippen molar-refractivity contribution in [3.05, 3.63) is 77.1 Å². The molecule has 0 N–H and O–H groups in total. The summed E-state index contributed by atoms with van der Waals surface area (Å²) in [5, 5.41) is 9.35. The SMILES string of the molecule is COCc1ccc(C(=O)OCc2cn3ccccc3c2C#N)cc1. The fraction of sp³-hybridized carbons (Fsp3) is 0.158. The maximum Gasteiger partial charge on any atom is 0.338 e. The van der Waals surface area contributed by atoms with Crippen molar-refractivity contribution in [2.24, 2.45) is 0 Å². The molecule has 0 unspecified atom stereocenters. The van der Waals surface area contributed by atoms with Crippen LogP contribution in [0.15, 0.2) is 54.9 Å². The number of methoxy groups -OCH3 is 1. The van der Waals surface area contributed by atoms with Gasteiger partial charge in [0.05, 0.1) is 23.3 Å². The van der Waals surface area contributed by atoms with Crippen molar-refractivity contribution in [2.75, 3.05) is 7.11 Å². The molecule has 0 spiro atoms. The molecule has 24 heavy (non-hydrogen) atoms. The Morgan fingerprint density at radius 2 is 1.96 bits per heavy atom. The first-order valence-corrected chi connectivity index (χ1v) is 7.46. The van der Waals surface area contributed by atoms with E-state index in [0.29, 0.717) is 23.3 Å². The first-order valence-electron chi connectivity index (χ1n) is 7.46. The van der Waals surface area contributed by atoms with Gasteiger partial charge < -0.3 is 13.9 Å². The normalized spacial score (nSPS) is 10.5. The van der Waals surface area contributed by atoms with E-state index in [1.165, 1.54) is 0 Å². The molecule has 1 aromatic carbocycles. The molecule has 120 valence electrons. The molecule has 0 aliphatic rings. The van der Waals surface area contributed by atoms with Crippen LogP contribution in [0, 0.1) is 11.3 Å². The van der Waals surface area contributed by atoms with Crippen LogP contribution in [0.4, 0.5) is 0 Å². The highest BCUT2D eigenvalue weighted by Crippen LogP contribution is 2.19. The molecule has 5 heteroatoms. The first kappa shape index (κ1) is 15.8. The number of aromatic nitrogens is 1. The minimum absolute atomic E-state index is 0.0588. The molecule has 0 saturated carbocycles. The van der Waals surface area contributed by atoms with Crippen LogP contribution >= 0.6 is 0 Å². The Bertz CT molecular complexity index is 905. The van der Waals surface area contributed by atoms with Crippen molar-refractivity contribution in [1.82, 2.24) is 4.40 Å². The first-order chi connectivity index (χ1) is 11.7. The smallest absolute Gasteiger partial charge is 0.338 e. The second kappa shape index (κ2) is 6.99. The standard InChI is InChI=1S/C19H16N2O3/c1-23-12-14-5-7-15(8-6-14)19(22)24-13-16-11-21-9-3-2-4-18(21)17(16)10-20/h2-9,11H,12-13H2,1H3. The van der Waals surface area contributed by atoms with E-state index in [0.717, 1.165) is 11.1 Å². The summed E-state index contributed by atoms with van der Waals surface area (Å²) in [4.78, 5) is 12.2. The van der Waals surface area contributed by atoms with E-state index in [1.54, 1.807) is 19.2 Å². The Kier molecular flexibility index (Phi) is 4.59. The summed E-state index contributed by atoms with van der Waals surface area (Å²) in [6.07, 6.45) is 3.67. The molecule has 2 heterocycles. The van der Waals surface area contributed by atoms with Crippen molar-refractivity contribution in [2.45, 2.75) is 13.2 Å². The Hall–Kier alpha value is -3.10. The van der Waals surface area contributed by atoms with Gasteiger partial charge in [-0.05, 0) is 29.8 Å². The molecular formula is C19H16N2O3. The molecule has 0 aliphatic carbocycles. The molecule has 3 aromatic rings. The maximum atomic E-state index is 12.2. The zero-order valence-electron chi connectivity index (χ0n) is 13.2. The number of rotatable bonds is 5. The van der Waals surface area contributed by atoms with E-state index >= 15 is 0 Å². The summed E-state index contributed by atoms with van der Waals surface area (Å²) >= 11 is 0. The second-order valence-corrected chi connectivity index (χ2v) is 5.34. The highest BCUT2D eigenvalue weighted by molar-refractivity contribution is 5.89. The molecule has 0 radical (unpaired) electrons. The van der Waals surface area contributed by atoms with Crippen molar-refractivity contribution >= 4 is 11.5 Å². The Labute approximate surface area is 139 Å². The zero-order chi connectivity index (χ0) is 16.9. The highest BCUT2D eigenvalue weighted by atomic mass is 16.5. The van der Waals surface area contributed by atoms with Gasteiger partial charge in [-0.15, -0.1) is 0 Å². The minimum atomic E-state index is -0.418. The molecule has 3 rings (SSSR count). The number of carbonyl (C=O) groups is 1. The maximum absolute atomic E-state index is 12.2. The molecule has 0 aliphatic heterocycles. The van der Waals surface area contributed by atoms with Crippen LogP contribution in [0.5, 0.6) is 0 Å². The lowest BCUT2D eigenvalue weighted by atomic mass is 10.1. The van der Waals surface area contributed by atoms with Crippen molar-refractivity contribution in [3.63, 3.8) is 0 Å². The number of ether oxygens (including phenoxy) is 2. The lowest BCUT2D eigenvalue weighted by Gasteiger charge is -2.05. The quantitative estimate of drug-likeness (QED) is 0.677. The molecule has 0 atom stereocenters. The van der Waals surface area contributed by atoms with Crippen molar-refractivity contribution in [3.8, 4) is 6.07 Å². The van der Waals surface area contributed by atoms with Gasteiger partial charge in [-0.25, -0.2) is 4.79 Å². The minimum Gasteiger partial charge on any atom is -0.457 e. The third-order valence-electron chi connectivity index (χ3n) is 3.73. The number of hydrogen-bond donors (Lipinski definition) is 0. The van der Waals surface area contributed by atoms with Gasteiger partial charge >= 0.3 is 5.97 Å². The lowest BCUT2D eigenvalue weighted by molar-refractivity contribution is 0.0472. The van der Waals surface area contributed by atoms with E-state index in [-0.39, 0.29) is 6.61 Å². The summed E-state index contributed by atoms with van der Waals surface area (Å²) in [5.41, 5.74) is 3.47. The van der Waals surface area contributed by atoms with E-state index < -0.39 is 5.97 Å². The number of fused-ring (bicyclic) bond motifs is 1. The number of pyridine rings is 1. The molecule has 0 fully saturated rings. The average molecular weight is 320 g/mol. The highest BCUT2D eigenvalue weighted by Gasteiger charge is 2.13. The molecule has 0 bridgehead atoms. The van der Waals surface area contributed by atoms with Crippen molar-refractivity contribution in [1.29, 1.82) is 5.26 Å². The fourth-order valence-electron chi connectivity index (χ4n) is 2.55. The molecule has 0 amide bonds. The molecule has 2 aromatic heterocycles. The molecular weight excluding hydrogens is 304 g/mol. The van der Waals surface area contributed by atoms with Crippen molar-refractivity contribution < 1.29 is 14.3 Å². The van der Waals surface area contributed by atoms with Crippen LogP contribution < -0.4 is 0 Å². The average Bonchev–Trinajstić information content (AvgIpc) is 2.98. The molecule has 5 nitrogen and oxygen atoms in total. The van der Waals surface area contributed by atoms with Crippen LogP contribution in [0.3, 0.4) is 0 Å². The van der Waals surface area contributed by atoms with Crippen LogP contribution in [0.2, 0.25) is 0 Å². The second-order valence-electron chi connectivity index (χ2n) is 5.34. The monoisotopic (exact) mass is 320 g/mol. The largest absolute Gasteiger partial charge is 0.457 e. The summed E-state index contributed by atoms with van der Waals surface area (Å²) in [6.45, 7) is 0.557. The van der Waals surface area contributed by atoms with Gasteiger partial charge in [0, 0.05) is 25.1 Å². The van der Waals surface area contributed by atoms with E-state index in [4.69, 9.17) is 9.47 Å². The summed E-state index contributed by atoms with van der Waals surface area (Å²) < 4.78 is 12.2.